The number of hydrogen-bond acceptors (Lipinski definition) is 2. The summed E-state index contributed by atoms with van der Waals surface area (Å²) in [6.45, 7) is 0.938. The van der Waals surface area contributed by atoms with Gasteiger partial charge in [0.25, 0.3) is 0 Å². The zero-order valence-corrected chi connectivity index (χ0v) is 15.7. The zero-order valence-electron chi connectivity index (χ0n) is 13.4. The standard InChI is InChI=1S/C19H16Cl3N3/c20-13-5-7-14(8-6-13)25-19-15(3-1-2-10-23-19)18(24-25)12-4-9-16(21)17(22)11-12/h4-9,11,23H,1-3,10H2. The third kappa shape index (κ3) is 3.24. The molecular weight excluding hydrogens is 377 g/mol. The number of nitrogens with zero attached hydrogens (tertiary/aromatic N) is 2. The first-order valence-electron chi connectivity index (χ1n) is 8.20. The van der Waals surface area contributed by atoms with Crippen LogP contribution in [0.25, 0.3) is 16.9 Å². The molecule has 0 saturated carbocycles. The lowest BCUT2D eigenvalue weighted by atomic mass is 10.0. The second-order valence-corrected chi connectivity index (χ2v) is 7.33. The quantitative estimate of drug-likeness (QED) is 0.559. The van der Waals surface area contributed by atoms with E-state index in [4.69, 9.17) is 39.9 Å². The predicted octanol–water partition coefficient (Wildman–Crippen LogP) is 6.25. The highest BCUT2D eigenvalue weighted by molar-refractivity contribution is 6.42. The average molecular weight is 393 g/mol. The Morgan fingerprint density at radius 2 is 1.72 bits per heavy atom. The summed E-state index contributed by atoms with van der Waals surface area (Å²) >= 11 is 18.3. The molecule has 0 aliphatic carbocycles. The lowest BCUT2D eigenvalue weighted by molar-refractivity contribution is 0.780. The van der Waals surface area contributed by atoms with E-state index < -0.39 is 0 Å². The number of nitrogens with one attached hydrogen (secondary N) is 1. The molecule has 128 valence electrons. The van der Waals surface area contributed by atoms with E-state index in [0.717, 1.165) is 48.6 Å². The van der Waals surface area contributed by atoms with Crippen LogP contribution < -0.4 is 5.32 Å². The largest absolute Gasteiger partial charge is 0.370 e. The summed E-state index contributed by atoms with van der Waals surface area (Å²) in [5.41, 5.74) is 4.10. The highest BCUT2D eigenvalue weighted by Crippen LogP contribution is 2.36. The van der Waals surface area contributed by atoms with Gasteiger partial charge in [0, 0.05) is 22.7 Å². The van der Waals surface area contributed by atoms with Gasteiger partial charge >= 0.3 is 0 Å². The molecule has 1 N–H and O–H groups in total. The summed E-state index contributed by atoms with van der Waals surface area (Å²) in [6, 6.07) is 13.4. The van der Waals surface area contributed by atoms with Gasteiger partial charge in [-0.05, 0) is 55.7 Å². The molecule has 2 aromatic carbocycles. The summed E-state index contributed by atoms with van der Waals surface area (Å²) in [4.78, 5) is 0. The van der Waals surface area contributed by atoms with Crippen LogP contribution >= 0.6 is 34.8 Å². The Balaban J connectivity index is 1.89. The Labute approximate surface area is 161 Å². The van der Waals surface area contributed by atoms with Crippen LogP contribution in [0.5, 0.6) is 0 Å². The molecule has 3 aromatic rings. The van der Waals surface area contributed by atoms with Crippen molar-refractivity contribution in [3.8, 4) is 16.9 Å². The van der Waals surface area contributed by atoms with Gasteiger partial charge in [-0.1, -0.05) is 40.9 Å². The Kier molecular flexibility index (Phi) is 4.63. The molecule has 4 rings (SSSR count). The van der Waals surface area contributed by atoms with Crippen LogP contribution in [0.4, 0.5) is 5.82 Å². The van der Waals surface area contributed by atoms with Gasteiger partial charge in [0.15, 0.2) is 0 Å². The maximum Gasteiger partial charge on any atom is 0.133 e. The van der Waals surface area contributed by atoms with Crippen LogP contribution in [0, 0.1) is 0 Å². The first kappa shape index (κ1) is 16.8. The van der Waals surface area contributed by atoms with E-state index in [1.165, 1.54) is 5.56 Å². The predicted molar refractivity (Wildman–Crippen MR) is 105 cm³/mol. The molecule has 0 saturated heterocycles. The van der Waals surface area contributed by atoms with Crippen molar-refractivity contribution in [2.75, 3.05) is 11.9 Å². The van der Waals surface area contributed by atoms with Crippen LogP contribution in [0.3, 0.4) is 0 Å². The molecule has 0 atom stereocenters. The summed E-state index contributed by atoms with van der Waals surface area (Å²) in [5, 5.41) is 10.2. The van der Waals surface area contributed by atoms with E-state index in [2.05, 4.69) is 5.32 Å². The molecule has 0 radical (unpaired) electrons. The summed E-state index contributed by atoms with van der Waals surface area (Å²) in [7, 11) is 0. The minimum absolute atomic E-state index is 0.538. The van der Waals surface area contributed by atoms with Crippen LogP contribution in [-0.2, 0) is 6.42 Å². The van der Waals surface area contributed by atoms with Gasteiger partial charge in [-0.15, -0.1) is 0 Å². The Morgan fingerprint density at radius 1 is 0.920 bits per heavy atom. The molecule has 6 heteroatoms. The van der Waals surface area contributed by atoms with Crippen molar-refractivity contribution in [3.05, 3.63) is 63.1 Å². The summed E-state index contributed by atoms with van der Waals surface area (Å²) in [5.74, 6) is 1.04. The second-order valence-electron chi connectivity index (χ2n) is 6.08. The lowest BCUT2D eigenvalue weighted by Gasteiger charge is -2.09. The monoisotopic (exact) mass is 391 g/mol. The molecule has 0 fully saturated rings. The minimum atomic E-state index is 0.538. The fourth-order valence-corrected chi connectivity index (χ4v) is 3.57. The molecule has 2 heterocycles. The molecule has 0 unspecified atom stereocenters. The van der Waals surface area contributed by atoms with Crippen LogP contribution in [-0.4, -0.2) is 16.3 Å². The van der Waals surface area contributed by atoms with Gasteiger partial charge in [-0.25, -0.2) is 4.68 Å². The number of hydrogen-bond donors (Lipinski definition) is 1. The zero-order chi connectivity index (χ0) is 17.4. The Bertz CT molecular complexity index is 916. The third-order valence-corrected chi connectivity index (χ3v) is 5.38. The first-order valence-corrected chi connectivity index (χ1v) is 9.34. The maximum atomic E-state index is 6.22. The van der Waals surface area contributed by atoms with Gasteiger partial charge in [0.1, 0.15) is 5.82 Å². The highest BCUT2D eigenvalue weighted by atomic mass is 35.5. The van der Waals surface area contributed by atoms with Crippen molar-refractivity contribution < 1.29 is 0 Å². The Morgan fingerprint density at radius 3 is 2.48 bits per heavy atom. The molecule has 3 nitrogen and oxygen atoms in total. The topological polar surface area (TPSA) is 29.9 Å². The van der Waals surface area contributed by atoms with Crippen molar-refractivity contribution in [1.29, 1.82) is 0 Å². The molecule has 0 amide bonds. The van der Waals surface area contributed by atoms with Crippen molar-refractivity contribution in [3.63, 3.8) is 0 Å². The third-order valence-electron chi connectivity index (χ3n) is 4.39. The van der Waals surface area contributed by atoms with E-state index in [9.17, 15) is 0 Å². The lowest BCUT2D eigenvalue weighted by Crippen LogP contribution is -2.07. The molecule has 1 aliphatic rings. The fourth-order valence-electron chi connectivity index (χ4n) is 3.15. The smallest absolute Gasteiger partial charge is 0.133 e. The van der Waals surface area contributed by atoms with Crippen molar-refractivity contribution in [2.45, 2.75) is 19.3 Å². The number of aromatic nitrogens is 2. The molecule has 0 bridgehead atoms. The molecule has 1 aromatic heterocycles. The van der Waals surface area contributed by atoms with Crippen molar-refractivity contribution >= 4 is 40.6 Å². The van der Waals surface area contributed by atoms with Crippen LogP contribution in [0.2, 0.25) is 15.1 Å². The van der Waals surface area contributed by atoms with Crippen molar-refractivity contribution in [2.24, 2.45) is 0 Å². The summed E-state index contributed by atoms with van der Waals surface area (Å²) < 4.78 is 1.95. The number of halogens is 3. The number of anilines is 1. The molecule has 1 aliphatic heterocycles. The molecule has 0 spiro atoms. The second kappa shape index (κ2) is 6.91. The van der Waals surface area contributed by atoms with E-state index in [1.54, 1.807) is 0 Å². The van der Waals surface area contributed by atoms with Gasteiger partial charge in [0.05, 0.1) is 21.4 Å². The van der Waals surface area contributed by atoms with E-state index in [-0.39, 0.29) is 0 Å². The number of rotatable bonds is 2. The fraction of sp³-hybridized carbons (Fsp3) is 0.211. The number of benzene rings is 2. The van der Waals surface area contributed by atoms with Crippen molar-refractivity contribution in [1.82, 2.24) is 9.78 Å². The molecule has 25 heavy (non-hydrogen) atoms. The van der Waals surface area contributed by atoms with Gasteiger partial charge < -0.3 is 5.32 Å². The SMILES string of the molecule is Clc1ccc(-n2nc(-c3ccc(Cl)c(Cl)c3)c3c2NCCCC3)cc1. The Hall–Kier alpha value is -1.68. The van der Waals surface area contributed by atoms with Crippen LogP contribution in [0.1, 0.15) is 18.4 Å². The van der Waals surface area contributed by atoms with Gasteiger partial charge in [-0.3, -0.25) is 0 Å². The minimum Gasteiger partial charge on any atom is -0.370 e. The normalized spacial score (nSPS) is 13.9. The molecular formula is C19H16Cl3N3. The first-order chi connectivity index (χ1) is 12.1. The van der Waals surface area contributed by atoms with E-state index in [0.29, 0.717) is 15.1 Å². The van der Waals surface area contributed by atoms with Gasteiger partial charge in [-0.2, -0.15) is 5.10 Å². The highest BCUT2D eigenvalue weighted by Gasteiger charge is 2.22. The van der Waals surface area contributed by atoms with Gasteiger partial charge in [0.2, 0.25) is 0 Å². The van der Waals surface area contributed by atoms with Crippen LogP contribution in [0.15, 0.2) is 42.5 Å². The number of fused-ring (bicyclic) bond motifs is 1. The maximum absolute atomic E-state index is 6.22. The average Bonchev–Trinajstić information content (AvgIpc) is 2.80. The summed E-state index contributed by atoms with van der Waals surface area (Å²) in [6.07, 6.45) is 3.24. The van der Waals surface area contributed by atoms with E-state index in [1.807, 2.05) is 47.1 Å². The van der Waals surface area contributed by atoms with E-state index >= 15 is 0 Å².